The van der Waals surface area contributed by atoms with Gasteiger partial charge in [0.25, 0.3) is 0 Å². The summed E-state index contributed by atoms with van der Waals surface area (Å²) >= 11 is 0. The number of hydrogen-bond donors (Lipinski definition) is 2. The summed E-state index contributed by atoms with van der Waals surface area (Å²) in [6.45, 7) is 6.45. The van der Waals surface area contributed by atoms with E-state index in [1.165, 1.54) is 12.8 Å². The lowest BCUT2D eigenvalue weighted by atomic mass is 9.89. The maximum atomic E-state index is 9.87. The Morgan fingerprint density at radius 2 is 1.90 bits per heavy atom. The van der Waals surface area contributed by atoms with E-state index in [9.17, 15) is 5.11 Å². The van der Waals surface area contributed by atoms with Crippen LogP contribution in [-0.4, -0.2) is 75.8 Å². The molecule has 0 aromatic heterocycles. The second-order valence-corrected chi connectivity index (χ2v) is 6.49. The number of rotatable bonds is 11. The summed E-state index contributed by atoms with van der Waals surface area (Å²) in [4.78, 5) is 2.10. The van der Waals surface area contributed by atoms with Crippen LogP contribution in [-0.2, 0) is 9.47 Å². The van der Waals surface area contributed by atoms with Gasteiger partial charge in [0.2, 0.25) is 0 Å². The monoisotopic (exact) mass is 302 g/mol. The van der Waals surface area contributed by atoms with E-state index in [1.54, 1.807) is 0 Å². The van der Waals surface area contributed by atoms with Crippen molar-refractivity contribution in [3.8, 4) is 0 Å². The molecule has 1 unspecified atom stereocenters. The molecule has 2 N–H and O–H groups in total. The third-order valence-corrected chi connectivity index (χ3v) is 3.97. The minimum absolute atomic E-state index is 0.352. The van der Waals surface area contributed by atoms with Crippen molar-refractivity contribution >= 4 is 0 Å². The van der Waals surface area contributed by atoms with E-state index in [-0.39, 0.29) is 0 Å². The van der Waals surface area contributed by atoms with E-state index < -0.39 is 6.10 Å². The van der Waals surface area contributed by atoms with Crippen molar-refractivity contribution in [1.29, 1.82) is 0 Å². The lowest BCUT2D eigenvalue weighted by molar-refractivity contribution is -0.0281. The van der Waals surface area contributed by atoms with Crippen molar-refractivity contribution in [3.63, 3.8) is 0 Å². The van der Waals surface area contributed by atoms with Crippen LogP contribution in [0.3, 0.4) is 0 Å². The normalized spacial score (nSPS) is 24.4. The Balaban J connectivity index is 1.88. The topological polar surface area (TPSA) is 54.0 Å². The van der Waals surface area contributed by atoms with Gasteiger partial charge < -0.3 is 24.8 Å². The standard InChI is InChI=1S/C16H34N2O3/c1-14-4-6-16(7-5-14)21-13-15(19)12-17-8-10-20-11-9-18(2)3/h14-17,19H,4-13H2,1-3H3. The molecule has 0 radical (unpaired) electrons. The Morgan fingerprint density at radius 1 is 1.19 bits per heavy atom. The van der Waals surface area contributed by atoms with Crippen molar-refractivity contribution in [2.75, 3.05) is 53.6 Å². The molecule has 1 saturated carbocycles. The molecule has 0 saturated heterocycles. The number of aliphatic hydroxyl groups excluding tert-OH is 1. The molecule has 126 valence electrons. The molecule has 0 spiro atoms. The van der Waals surface area contributed by atoms with E-state index >= 15 is 0 Å². The Bertz CT molecular complexity index is 244. The lowest BCUT2D eigenvalue weighted by Crippen LogP contribution is -2.34. The number of hydrogen-bond acceptors (Lipinski definition) is 5. The average Bonchev–Trinajstić information content (AvgIpc) is 2.45. The molecule has 21 heavy (non-hydrogen) atoms. The Morgan fingerprint density at radius 3 is 2.57 bits per heavy atom. The molecule has 0 aliphatic heterocycles. The van der Waals surface area contributed by atoms with E-state index in [4.69, 9.17) is 9.47 Å². The van der Waals surface area contributed by atoms with Gasteiger partial charge in [0.1, 0.15) is 0 Å². The Labute approximate surface area is 130 Å². The minimum atomic E-state index is -0.425. The highest BCUT2D eigenvalue weighted by Gasteiger charge is 2.19. The van der Waals surface area contributed by atoms with Crippen LogP contribution in [0.15, 0.2) is 0 Å². The van der Waals surface area contributed by atoms with Gasteiger partial charge in [0.15, 0.2) is 0 Å². The molecule has 0 heterocycles. The SMILES string of the molecule is CC1CCC(OCC(O)CNCCOCCN(C)C)CC1. The highest BCUT2D eigenvalue weighted by atomic mass is 16.5. The third-order valence-electron chi connectivity index (χ3n) is 3.97. The molecule has 1 rings (SSSR count). The van der Waals surface area contributed by atoms with Gasteiger partial charge in [-0.2, -0.15) is 0 Å². The van der Waals surface area contributed by atoms with Crippen molar-refractivity contribution in [1.82, 2.24) is 10.2 Å². The first-order valence-corrected chi connectivity index (χ1v) is 8.30. The molecule has 1 aliphatic rings. The quantitative estimate of drug-likeness (QED) is 0.560. The smallest absolute Gasteiger partial charge is 0.0897 e. The number of ether oxygens (including phenoxy) is 2. The van der Waals surface area contributed by atoms with Gasteiger partial charge in [-0.25, -0.2) is 0 Å². The molecule has 1 aliphatic carbocycles. The first-order chi connectivity index (χ1) is 10.1. The number of likely N-dealkylation sites (N-methyl/N-ethyl adjacent to an activating group) is 1. The summed E-state index contributed by atoms with van der Waals surface area (Å²) in [5, 5.41) is 13.1. The molecule has 0 bridgehead atoms. The second kappa shape index (κ2) is 11.4. The molecule has 0 amide bonds. The molecule has 5 heteroatoms. The van der Waals surface area contributed by atoms with Gasteiger partial charge in [-0.1, -0.05) is 6.92 Å². The van der Waals surface area contributed by atoms with Crippen LogP contribution in [0.2, 0.25) is 0 Å². The lowest BCUT2D eigenvalue weighted by Gasteiger charge is -2.27. The molecular weight excluding hydrogens is 268 g/mol. The fourth-order valence-corrected chi connectivity index (χ4v) is 2.46. The van der Waals surface area contributed by atoms with Gasteiger partial charge in [0.05, 0.1) is 32.0 Å². The maximum Gasteiger partial charge on any atom is 0.0897 e. The van der Waals surface area contributed by atoms with E-state index in [0.717, 1.165) is 38.5 Å². The van der Waals surface area contributed by atoms with Gasteiger partial charge >= 0.3 is 0 Å². The van der Waals surface area contributed by atoms with Crippen molar-refractivity contribution in [3.05, 3.63) is 0 Å². The Kier molecular flexibility index (Phi) is 10.2. The minimum Gasteiger partial charge on any atom is -0.389 e. The number of aliphatic hydroxyl groups is 1. The summed E-state index contributed by atoms with van der Waals surface area (Å²) in [5.41, 5.74) is 0. The summed E-state index contributed by atoms with van der Waals surface area (Å²) in [6, 6.07) is 0. The fourth-order valence-electron chi connectivity index (χ4n) is 2.46. The second-order valence-electron chi connectivity index (χ2n) is 6.49. The predicted molar refractivity (Wildman–Crippen MR) is 85.6 cm³/mol. The van der Waals surface area contributed by atoms with Crippen LogP contribution >= 0.6 is 0 Å². The van der Waals surface area contributed by atoms with Crippen molar-refractivity contribution in [2.24, 2.45) is 5.92 Å². The van der Waals surface area contributed by atoms with E-state index in [2.05, 4.69) is 17.1 Å². The summed E-state index contributed by atoms with van der Waals surface area (Å²) in [6.07, 6.45) is 4.71. The predicted octanol–water partition coefficient (Wildman–Crippen LogP) is 1.11. The summed E-state index contributed by atoms with van der Waals surface area (Å²) in [5.74, 6) is 0.837. The zero-order valence-electron chi connectivity index (χ0n) is 14.0. The van der Waals surface area contributed by atoms with Crippen molar-refractivity contribution in [2.45, 2.75) is 44.8 Å². The van der Waals surface area contributed by atoms with E-state index in [0.29, 0.717) is 25.9 Å². The van der Waals surface area contributed by atoms with Crippen LogP contribution in [0.4, 0.5) is 0 Å². The Hall–Kier alpha value is -0.200. The third kappa shape index (κ3) is 10.2. The van der Waals surface area contributed by atoms with Gasteiger partial charge in [0, 0.05) is 19.6 Å². The van der Waals surface area contributed by atoms with Gasteiger partial charge in [-0.05, 0) is 45.7 Å². The first kappa shape index (κ1) is 18.8. The van der Waals surface area contributed by atoms with Gasteiger partial charge in [-0.3, -0.25) is 0 Å². The molecule has 1 atom stereocenters. The average molecular weight is 302 g/mol. The van der Waals surface area contributed by atoms with Crippen LogP contribution in [0.1, 0.15) is 32.6 Å². The first-order valence-electron chi connectivity index (χ1n) is 8.30. The molecule has 0 aromatic carbocycles. The molecule has 1 fully saturated rings. The van der Waals surface area contributed by atoms with E-state index in [1.807, 2.05) is 14.1 Å². The molecular formula is C16H34N2O3. The van der Waals surface area contributed by atoms with Crippen LogP contribution in [0.5, 0.6) is 0 Å². The van der Waals surface area contributed by atoms with Crippen LogP contribution in [0, 0.1) is 5.92 Å². The highest BCUT2D eigenvalue weighted by Crippen LogP contribution is 2.25. The fraction of sp³-hybridized carbons (Fsp3) is 1.00. The number of nitrogens with one attached hydrogen (secondary N) is 1. The van der Waals surface area contributed by atoms with Crippen LogP contribution < -0.4 is 5.32 Å². The maximum absolute atomic E-state index is 9.87. The molecule has 5 nitrogen and oxygen atoms in total. The van der Waals surface area contributed by atoms with Gasteiger partial charge in [-0.15, -0.1) is 0 Å². The number of nitrogens with zero attached hydrogens (tertiary/aromatic N) is 1. The molecule has 0 aromatic rings. The largest absolute Gasteiger partial charge is 0.389 e. The van der Waals surface area contributed by atoms with Crippen molar-refractivity contribution < 1.29 is 14.6 Å². The zero-order chi connectivity index (χ0) is 15.5. The highest BCUT2D eigenvalue weighted by molar-refractivity contribution is 4.71. The zero-order valence-corrected chi connectivity index (χ0v) is 14.0. The van der Waals surface area contributed by atoms with Crippen LogP contribution in [0.25, 0.3) is 0 Å². The summed E-state index contributed by atoms with van der Waals surface area (Å²) in [7, 11) is 4.07. The summed E-state index contributed by atoms with van der Waals surface area (Å²) < 4.78 is 11.3.